The van der Waals surface area contributed by atoms with Gasteiger partial charge >= 0.3 is 12.6 Å². The van der Waals surface area contributed by atoms with Crippen molar-refractivity contribution in [1.29, 1.82) is 0 Å². The molecule has 0 spiro atoms. The van der Waals surface area contributed by atoms with Gasteiger partial charge < -0.3 is 14.8 Å². The first kappa shape index (κ1) is 18.2. The zero-order valence-electron chi connectivity index (χ0n) is 12.8. The summed E-state index contributed by atoms with van der Waals surface area (Å²) in [6.07, 6.45) is 1.02. The normalized spacial score (nSPS) is 10.4. The van der Waals surface area contributed by atoms with Gasteiger partial charge in [0.1, 0.15) is 12.0 Å². The highest BCUT2D eigenvalue weighted by Gasteiger charge is 2.14. The topological polar surface area (TPSA) is 90.4 Å². The molecule has 0 aliphatic heterocycles. The first-order valence-electron chi connectivity index (χ1n) is 6.82. The van der Waals surface area contributed by atoms with Gasteiger partial charge in [-0.25, -0.2) is 19.2 Å². The molecule has 1 aromatic carbocycles. The van der Waals surface area contributed by atoms with Crippen LogP contribution in [0, 0.1) is 5.82 Å². The number of nitrogens with one attached hydrogen (secondary N) is 1. The maximum absolute atomic E-state index is 13.3. The van der Waals surface area contributed by atoms with Crippen LogP contribution in [-0.4, -0.2) is 35.6 Å². The molecule has 132 valence electrons. The highest BCUT2D eigenvalue weighted by Crippen LogP contribution is 2.20. The summed E-state index contributed by atoms with van der Waals surface area (Å²) in [5, 5.41) is 2.45. The number of nitrogens with zero attached hydrogens (tertiary/aromatic N) is 2. The fourth-order valence-corrected chi connectivity index (χ4v) is 1.81. The third-order valence-electron chi connectivity index (χ3n) is 2.96. The zero-order valence-corrected chi connectivity index (χ0v) is 12.8. The SMILES string of the molecule is COC(=O)c1cc(C(=O)NCc2ccc(F)c(OC(F)F)c2)ncn1. The molecule has 25 heavy (non-hydrogen) atoms. The molecule has 0 fully saturated rings. The summed E-state index contributed by atoms with van der Waals surface area (Å²) in [6, 6.07) is 4.42. The van der Waals surface area contributed by atoms with Gasteiger partial charge in [-0.3, -0.25) is 4.79 Å². The first-order valence-corrected chi connectivity index (χ1v) is 6.82. The second kappa shape index (κ2) is 8.08. The van der Waals surface area contributed by atoms with Crippen molar-refractivity contribution in [3.05, 3.63) is 53.4 Å². The molecule has 0 unspecified atom stereocenters. The molecule has 1 amide bonds. The maximum atomic E-state index is 13.3. The second-order valence-corrected chi connectivity index (χ2v) is 4.61. The van der Waals surface area contributed by atoms with E-state index in [9.17, 15) is 22.8 Å². The molecule has 2 aromatic rings. The van der Waals surface area contributed by atoms with Crippen LogP contribution in [0.5, 0.6) is 5.75 Å². The standard InChI is InChI=1S/C15H12F3N3O4/c1-24-14(23)11-5-10(20-7-21-11)13(22)19-6-8-2-3-9(16)12(4-8)25-15(17)18/h2-5,7,15H,6H2,1H3,(H,19,22). The molecule has 0 radical (unpaired) electrons. The number of rotatable bonds is 6. The average molecular weight is 355 g/mol. The number of methoxy groups -OCH3 is 1. The number of hydrogen-bond donors (Lipinski definition) is 1. The van der Waals surface area contributed by atoms with Gasteiger partial charge in [-0.2, -0.15) is 8.78 Å². The smallest absolute Gasteiger partial charge is 0.387 e. The molecule has 1 aromatic heterocycles. The predicted molar refractivity (Wildman–Crippen MR) is 77.6 cm³/mol. The lowest BCUT2D eigenvalue weighted by Crippen LogP contribution is -2.24. The Hall–Kier alpha value is -3.17. The van der Waals surface area contributed by atoms with Crippen molar-refractivity contribution in [3.8, 4) is 5.75 Å². The van der Waals surface area contributed by atoms with Gasteiger partial charge in [0, 0.05) is 12.6 Å². The second-order valence-electron chi connectivity index (χ2n) is 4.61. The van der Waals surface area contributed by atoms with E-state index >= 15 is 0 Å². The van der Waals surface area contributed by atoms with E-state index in [1.165, 1.54) is 6.07 Å². The third-order valence-corrected chi connectivity index (χ3v) is 2.96. The maximum Gasteiger partial charge on any atom is 0.387 e. The Labute approximate surface area is 139 Å². The monoisotopic (exact) mass is 355 g/mol. The fourth-order valence-electron chi connectivity index (χ4n) is 1.81. The Kier molecular flexibility index (Phi) is 5.88. The number of hydrogen-bond acceptors (Lipinski definition) is 6. The van der Waals surface area contributed by atoms with Crippen LogP contribution in [0.15, 0.2) is 30.6 Å². The lowest BCUT2D eigenvalue weighted by atomic mass is 10.2. The molecule has 1 N–H and O–H groups in total. The van der Waals surface area contributed by atoms with E-state index in [4.69, 9.17) is 0 Å². The van der Waals surface area contributed by atoms with Crippen LogP contribution in [0.4, 0.5) is 13.2 Å². The number of ether oxygens (including phenoxy) is 2. The number of amides is 1. The van der Waals surface area contributed by atoms with Crippen LogP contribution >= 0.6 is 0 Å². The van der Waals surface area contributed by atoms with Crippen molar-refractivity contribution in [3.63, 3.8) is 0 Å². The van der Waals surface area contributed by atoms with Crippen LogP contribution < -0.4 is 10.1 Å². The van der Waals surface area contributed by atoms with Crippen molar-refractivity contribution in [2.24, 2.45) is 0 Å². The minimum atomic E-state index is -3.17. The van der Waals surface area contributed by atoms with Crippen molar-refractivity contribution < 1.29 is 32.2 Å². The molecule has 0 saturated heterocycles. The van der Waals surface area contributed by atoms with Gasteiger partial charge in [0.05, 0.1) is 7.11 Å². The number of carbonyl (C=O) groups excluding carboxylic acids is 2. The molecule has 2 rings (SSSR count). The number of halogens is 3. The summed E-state index contributed by atoms with van der Waals surface area (Å²) in [6.45, 7) is -3.27. The Morgan fingerprint density at radius 3 is 2.60 bits per heavy atom. The Morgan fingerprint density at radius 1 is 1.20 bits per heavy atom. The summed E-state index contributed by atoms with van der Waals surface area (Å²) in [7, 11) is 1.16. The predicted octanol–water partition coefficient (Wildman–Crippen LogP) is 1.93. The molecule has 7 nitrogen and oxygen atoms in total. The van der Waals surface area contributed by atoms with Crippen molar-refractivity contribution in [1.82, 2.24) is 15.3 Å². The van der Waals surface area contributed by atoms with Gasteiger partial charge in [0.25, 0.3) is 5.91 Å². The number of carbonyl (C=O) groups is 2. The number of benzene rings is 1. The quantitative estimate of drug-likeness (QED) is 0.797. The van der Waals surface area contributed by atoms with E-state index in [0.717, 1.165) is 31.6 Å². The van der Waals surface area contributed by atoms with Crippen molar-refractivity contribution in [2.45, 2.75) is 13.2 Å². The zero-order chi connectivity index (χ0) is 18.4. The summed E-state index contributed by atoms with van der Waals surface area (Å²) >= 11 is 0. The van der Waals surface area contributed by atoms with Crippen LogP contribution in [-0.2, 0) is 11.3 Å². The fraction of sp³-hybridized carbons (Fsp3) is 0.200. The molecule has 10 heteroatoms. The van der Waals surface area contributed by atoms with Gasteiger partial charge in [0.2, 0.25) is 0 Å². The number of esters is 1. The summed E-state index contributed by atoms with van der Waals surface area (Å²) in [5.74, 6) is -2.96. The number of aromatic nitrogens is 2. The van der Waals surface area contributed by atoms with Crippen molar-refractivity contribution in [2.75, 3.05) is 7.11 Å². The highest BCUT2D eigenvalue weighted by molar-refractivity contribution is 5.95. The molecule has 0 aliphatic rings. The van der Waals surface area contributed by atoms with E-state index in [2.05, 4.69) is 24.8 Å². The van der Waals surface area contributed by atoms with Crippen molar-refractivity contribution >= 4 is 11.9 Å². The Morgan fingerprint density at radius 2 is 1.92 bits per heavy atom. The van der Waals surface area contributed by atoms with Crippen LogP contribution in [0.25, 0.3) is 0 Å². The van der Waals surface area contributed by atoms with E-state index < -0.39 is 30.1 Å². The highest BCUT2D eigenvalue weighted by atomic mass is 19.3. The first-order chi connectivity index (χ1) is 11.9. The third kappa shape index (κ3) is 4.90. The minimum absolute atomic E-state index is 0.0958. The largest absolute Gasteiger partial charge is 0.464 e. The van der Waals surface area contributed by atoms with E-state index in [-0.39, 0.29) is 17.9 Å². The summed E-state index contributed by atoms with van der Waals surface area (Å²) < 4.78 is 46.2. The minimum Gasteiger partial charge on any atom is -0.464 e. The average Bonchev–Trinajstić information content (AvgIpc) is 2.61. The Bertz CT molecular complexity index is 786. The van der Waals surface area contributed by atoms with Crippen LogP contribution in [0.1, 0.15) is 26.5 Å². The van der Waals surface area contributed by atoms with Gasteiger partial charge in [-0.05, 0) is 17.7 Å². The van der Waals surface area contributed by atoms with Crippen LogP contribution in [0.3, 0.4) is 0 Å². The summed E-state index contributed by atoms with van der Waals surface area (Å²) in [5.41, 5.74) is 0.131. The number of alkyl halides is 2. The molecule has 0 aliphatic carbocycles. The lowest BCUT2D eigenvalue weighted by molar-refractivity contribution is -0.0522. The molecule has 1 heterocycles. The van der Waals surface area contributed by atoms with E-state index in [1.807, 2.05) is 0 Å². The van der Waals surface area contributed by atoms with E-state index in [0.29, 0.717) is 5.56 Å². The molecular weight excluding hydrogens is 343 g/mol. The molecule has 0 atom stereocenters. The van der Waals surface area contributed by atoms with Gasteiger partial charge in [-0.1, -0.05) is 6.07 Å². The Balaban J connectivity index is 2.06. The van der Waals surface area contributed by atoms with Gasteiger partial charge in [-0.15, -0.1) is 0 Å². The summed E-state index contributed by atoms with van der Waals surface area (Å²) in [4.78, 5) is 30.8. The van der Waals surface area contributed by atoms with Gasteiger partial charge in [0.15, 0.2) is 17.3 Å². The molecule has 0 bridgehead atoms. The van der Waals surface area contributed by atoms with E-state index in [1.54, 1.807) is 0 Å². The van der Waals surface area contributed by atoms with Crippen LogP contribution in [0.2, 0.25) is 0 Å². The molecular formula is C15H12F3N3O4. The molecule has 0 saturated carbocycles. The lowest BCUT2D eigenvalue weighted by Gasteiger charge is -2.09.